The van der Waals surface area contributed by atoms with Gasteiger partial charge >= 0.3 is 5.97 Å². The Morgan fingerprint density at radius 2 is 1.70 bits per heavy atom. The number of carboxylic acid groups (broad SMARTS) is 1. The van der Waals surface area contributed by atoms with Crippen LogP contribution in [-0.4, -0.2) is 27.7 Å². The third-order valence-electron chi connectivity index (χ3n) is 2.21. The van der Waals surface area contributed by atoms with Gasteiger partial charge in [-0.1, -0.05) is 4.74 Å². The van der Waals surface area contributed by atoms with Crippen molar-refractivity contribution in [3.63, 3.8) is 0 Å². The van der Waals surface area contributed by atoms with E-state index in [9.17, 15) is 14.4 Å². The Balaban J connectivity index is 0.000000593. The molecule has 23 heavy (non-hydrogen) atoms. The minimum Gasteiger partial charge on any atom is -0.481 e. The summed E-state index contributed by atoms with van der Waals surface area (Å²) in [5.74, 6) is -1.80. The lowest BCUT2D eigenvalue weighted by Gasteiger charge is -2.02. The molecular formula is C14H14N2O7. The molecule has 2 aromatic rings. The minimum absolute atomic E-state index is 0.144. The molecule has 0 unspecified atom stereocenters. The van der Waals surface area contributed by atoms with Crippen LogP contribution in [0.3, 0.4) is 0 Å². The SMILES string of the molecule is CC(=O)O.CC(=O)Oc1ccc(C(=O)n2oc(N)cc2=O)cc1. The van der Waals surface area contributed by atoms with Gasteiger partial charge in [0.2, 0.25) is 5.88 Å². The quantitative estimate of drug-likeness (QED) is 0.608. The van der Waals surface area contributed by atoms with E-state index in [4.69, 9.17) is 24.9 Å². The number of hydrogen-bond donors (Lipinski definition) is 2. The van der Waals surface area contributed by atoms with Crippen molar-refractivity contribution >= 4 is 23.7 Å². The van der Waals surface area contributed by atoms with Crippen LogP contribution in [0.4, 0.5) is 5.88 Å². The number of anilines is 1. The fourth-order valence-corrected chi connectivity index (χ4v) is 1.45. The minimum atomic E-state index is -0.833. The van der Waals surface area contributed by atoms with Gasteiger partial charge in [-0.25, -0.2) is 0 Å². The fourth-order valence-electron chi connectivity index (χ4n) is 1.45. The molecule has 3 N–H and O–H groups in total. The Labute approximate surface area is 129 Å². The van der Waals surface area contributed by atoms with Crippen LogP contribution in [-0.2, 0) is 9.59 Å². The van der Waals surface area contributed by atoms with Gasteiger partial charge < -0.3 is 20.1 Å². The van der Waals surface area contributed by atoms with Crippen molar-refractivity contribution in [2.75, 3.05) is 5.73 Å². The van der Waals surface area contributed by atoms with Crippen molar-refractivity contribution in [2.24, 2.45) is 0 Å². The van der Waals surface area contributed by atoms with Crippen molar-refractivity contribution in [1.82, 2.24) is 4.74 Å². The summed E-state index contributed by atoms with van der Waals surface area (Å²) >= 11 is 0. The maximum Gasteiger partial charge on any atom is 0.308 e. The molecule has 0 fully saturated rings. The number of rotatable bonds is 2. The van der Waals surface area contributed by atoms with E-state index < -0.39 is 23.4 Å². The standard InChI is InChI=1S/C12H10N2O5.C2H4O2/c1-7(15)18-9-4-2-8(3-5-9)12(17)14-11(16)6-10(13)19-14;1-2(3)4/h2-6H,13H2,1H3;1H3,(H,3,4). The predicted octanol–water partition coefficient (Wildman–Crippen LogP) is 0.728. The molecule has 0 aliphatic rings. The number of ether oxygens (including phenoxy) is 1. The molecule has 2 rings (SSSR count). The first-order chi connectivity index (χ1) is 10.7. The third-order valence-corrected chi connectivity index (χ3v) is 2.21. The number of carboxylic acids is 1. The van der Waals surface area contributed by atoms with E-state index in [0.717, 1.165) is 13.0 Å². The Kier molecular flexibility index (Phi) is 5.84. The van der Waals surface area contributed by atoms with Crippen molar-refractivity contribution in [1.29, 1.82) is 0 Å². The van der Waals surface area contributed by atoms with E-state index in [1.807, 2.05) is 0 Å². The highest BCUT2D eigenvalue weighted by atomic mass is 16.5. The smallest absolute Gasteiger partial charge is 0.308 e. The van der Waals surface area contributed by atoms with Gasteiger partial charge in [0.1, 0.15) is 5.75 Å². The topological polar surface area (TPSA) is 142 Å². The molecule has 0 bridgehead atoms. The molecule has 0 radical (unpaired) electrons. The third kappa shape index (κ3) is 5.50. The van der Waals surface area contributed by atoms with E-state index >= 15 is 0 Å². The zero-order valence-corrected chi connectivity index (χ0v) is 12.3. The van der Waals surface area contributed by atoms with Crippen molar-refractivity contribution in [2.45, 2.75) is 13.8 Å². The second-order valence-corrected chi connectivity index (χ2v) is 4.21. The van der Waals surface area contributed by atoms with E-state index in [-0.39, 0.29) is 11.4 Å². The number of nitrogens with two attached hydrogens (primary N) is 1. The maximum absolute atomic E-state index is 11.9. The second-order valence-electron chi connectivity index (χ2n) is 4.21. The van der Waals surface area contributed by atoms with Crippen molar-refractivity contribution in [3.8, 4) is 5.75 Å². The highest BCUT2D eigenvalue weighted by Crippen LogP contribution is 2.13. The molecule has 0 spiro atoms. The van der Waals surface area contributed by atoms with Crippen LogP contribution < -0.4 is 16.0 Å². The molecule has 0 aliphatic heterocycles. The number of nitrogen functional groups attached to an aromatic ring is 1. The van der Waals surface area contributed by atoms with Crippen LogP contribution in [0.5, 0.6) is 5.75 Å². The Hall–Kier alpha value is -3.36. The molecule has 1 aromatic heterocycles. The van der Waals surface area contributed by atoms with Gasteiger partial charge in [-0.3, -0.25) is 19.2 Å². The monoisotopic (exact) mass is 322 g/mol. The lowest BCUT2D eigenvalue weighted by molar-refractivity contribution is -0.134. The number of esters is 1. The van der Waals surface area contributed by atoms with E-state index in [2.05, 4.69) is 0 Å². The summed E-state index contributed by atoms with van der Waals surface area (Å²) in [6.45, 7) is 2.35. The van der Waals surface area contributed by atoms with Crippen molar-refractivity contribution in [3.05, 3.63) is 46.2 Å². The zero-order valence-electron chi connectivity index (χ0n) is 12.3. The number of carbonyl (C=O) groups excluding carboxylic acids is 2. The number of benzene rings is 1. The number of aliphatic carboxylic acids is 1. The molecule has 1 heterocycles. The molecular weight excluding hydrogens is 308 g/mol. The summed E-state index contributed by atoms with van der Waals surface area (Å²) in [5, 5.41) is 7.42. The molecule has 0 aliphatic carbocycles. The Bertz CT molecular complexity index is 767. The van der Waals surface area contributed by atoms with Gasteiger partial charge in [0.15, 0.2) is 0 Å². The van der Waals surface area contributed by atoms with Gasteiger partial charge in [0.25, 0.3) is 17.4 Å². The summed E-state index contributed by atoms with van der Waals surface area (Å²) in [6, 6.07) is 6.70. The number of carbonyl (C=O) groups is 3. The van der Waals surface area contributed by atoms with Gasteiger partial charge in [0, 0.05) is 19.4 Å². The normalized spacial score (nSPS) is 9.48. The van der Waals surface area contributed by atoms with Crippen LogP contribution in [0, 0.1) is 0 Å². The molecule has 9 heteroatoms. The maximum atomic E-state index is 11.9. The largest absolute Gasteiger partial charge is 0.481 e. The number of aromatic nitrogens is 1. The number of hydrogen-bond acceptors (Lipinski definition) is 7. The molecule has 9 nitrogen and oxygen atoms in total. The summed E-state index contributed by atoms with van der Waals surface area (Å²) < 4.78 is 10.1. The lowest BCUT2D eigenvalue weighted by atomic mass is 10.2. The van der Waals surface area contributed by atoms with Gasteiger partial charge in [-0.05, 0) is 24.3 Å². The van der Waals surface area contributed by atoms with E-state index in [1.165, 1.54) is 31.2 Å². The zero-order chi connectivity index (χ0) is 17.6. The van der Waals surface area contributed by atoms with Gasteiger partial charge in [0.05, 0.1) is 6.07 Å². The van der Waals surface area contributed by atoms with Crippen molar-refractivity contribution < 1.29 is 28.8 Å². The Morgan fingerprint density at radius 1 is 1.17 bits per heavy atom. The lowest BCUT2D eigenvalue weighted by Crippen LogP contribution is -2.22. The first-order valence-corrected chi connectivity index (χ1v) is 6.22. The molecule has 0 atom stereocenters. The van der Waals surface area contributed by atoms with Gasteiger partial charge in [-0.15, -0.1) is 0 Å². The average Bonchev–Trinajstić information content (AvgIpc) is 2.76. The summed E-state index contributed by atoms with van der Waals surface area (Å²) in [4.78, 5) is 43.0. The summed E-state index contributed by atoms with van der Waals surface area (Å²) in [5.41, 5.74) is 4.83. The van der Waals surface area contributed by atoms with E-state index in [1.54, 1.807) is 0 Å². The average molecular weight is 322 g/mol. The van der Waals surface area contributed by atoms with Crippen LogP contribution in [0.25, 0.3) is 0 Å². The van der Waals surface area contributed by atoms with Gasteiger partial charge in [-0.2, -0.15) is 0 Å². The second kappa shape index (κ2) is 7.59. The molecule has 0 saturated carbocycles. The molecule has 122 valence electrons. The van der Waals surface area contributed by atoms with Crippen LogP contribution in [0.15, 0.2) is 39.6 Å². The first kappa shape index (κ1) is 17.7. The highest BCUT2D eigenvalue weighted by molar-refractivity contribution is 5.95. The van der Waals surface area contributed by atoms with E-state index in [0.29, 0.717) is 10.5 Å². The molecule has 1 aromatic carbocycles. The van der Waals surface area contributed by atoms with Crippen LogP contribution in [0.2, 0.25) is 0 Å². The predicted molar refractivity (Wildman–Crippen MR) is 78.2 cm³/mol. The highest BCUT2D eigenvalue weighted by Gasteiger charge is 2.14. The Morgan fingerprint density at radius 3 is 2.09 bits per heavy atom. The summed E-state index contributed by atoms with van der Waals surface area (Å²) in [7, 11) is 0. The van der Waals surface area contributed by atoms with Crippen LogP contribution >= 0.6 is 0 Å². The number of nitrogens with zero attached hydrogens (tertiary/aromatic N) is 1. The fraction of sp³-hybridized carbons (Fsp3) is 0.143. The molecule has 0 saturated heterocycles. The first-order valence-electron chi connectivity index (χ1n) is 6.22. The van der Waals surface area contributed by atoms with Crippen LogP contribution in [0.1, 0.15) is 24.2 Å². The summed E-state index contributed by atoms with van der Waals surface area (Å²) in [6.07, 6.45) is 0. The molecule has 0 amide bonds.